The van der Waals surface area contributed by atoms with Crippen LogP contribution >= 0.6 is 0 Å². The number of anilines is 1. The van der Waals surface area contributed by atoms with Crippen LogP contribution in [-0.4, -0.2) is 85.3 Å². The standard InChI is InChI=1S/C23H31N3O8S/c1-13-7-5-10-17(19(13)15-8-6-9-16(11-15)25-35(31,32)26(3)4)33-23-20(24-14(2)28)22(30)21(29)18(12-27)34-23/h5-11,18,20-23,25,27,29-30H,12H2,1-4H3,(H,24,28)/t18?,20?,21-,22+,23+/m0/s1. The predicted molar refractivity (Wildman–Crippen MR) is 129 cm³/mol. The largest absolute Gasteiger partial charge is 0.462 e. The highest BCUT2D eigenvalue weighted by Crippen LogP contribution is 2.36. The maximum Gasteiger partial charge on any atom is 0.301 e. The number of hydrogen-bond donors (Lipinski definition) is 5. The normalized spacial score (nSPS) is 24.7. The lowest BCUT2D eigenvalue weighted by atomic mass is 9.96. The maximum atomic E-state index is 12.3. The second-order valence-electron chi connectivity index (χ2n) is 8.47. The van der Waals surface area contributed by atoms with Gasteiger partial charge in [-0.15, -0.1) is 0 Å². The molecule has 11 nitrogen and oxygen atoms in total. The average molecular weight is 510 g/mol. The molecule has 0 aromatic heterocycles. The van der Waals surface area contributed by atoms with Gasteiger partial charge in [-0.25, -0.2) is 0 Å². The fourth-order valence-electron chi connectivity index (χ4n) is 3.78. The zero-order valence-electron chi connectivity index (χ0n) is 19.9. The Kier molecular flexibility index (Phi) is 8.36. The smallest absolute Gasteiger partial charge is 0.301 e. The molecule has 35 heavy (non-hydrogen) atoms. The monoisotopic (exact) mass is 509 g/mol. The van der Waals surface area contributed by atoms with Crippen molar-refractivity contribution >= 4 is 21.8 Å². The van der Waals surface area contributed by atoms with E-state index in [9.17, 15) is 28.5 Å². The van der Waals surface area contributed by atoms with Crippen LogP contribution in [0.2, 0.25) is 0 Å². The van der Waals surface area contributed by atoms with Crippen LogP contribution in [-0.2, 0) is 19.7 Å². The van der Waals surface area contributed by atoms with Gasteiger partial charge in [-0.05, 0) is 36.2 Å². The minimum absolute atomic E-state index is 0.332. The van der Waals surface area contributed by atoms with E-state index in [1.165, 1.54) is 21.0 Å². The molecular weight excluding hydrogens is 478 g/mol. The van der Waals surface area contributed by atoms with Crippen LogP contribution in [0.25, 0.3) is 11.1 Å². The number of aryl methyl sites for hydroxylation is 1. The Balaban J connectivity index is 1.99. The first-order valence-electron chi connectivity index (χ1n) is 10.9. The third kappa shape index (κ3) is 6.10. The molecule has 2 aromatic rings. The number of benzene rings is 2. The van der Waals surface area contributed by atoms with Crippen molar-refractivity contribution in [3.8, 4) is 16.9 Å². The number of aliphatic hydroxyl groups is 3. The van der Waals surface area contributed by atoms with Crippen molar-refractivity contribution in [2.24, 2.45) is 0 Å². The van der Waals surface area contributed by atoms with Gasteiger partial charge in [0.05, 0.1) is 12.3 Å². The summed E-state index contributed by atoms with van der Waals surface area (Å²) in [5.74, 6) is -0.135. The second-order valence-corrected chi connectivity index (χ2v) is 10.4. The molecule has 0 radical (unpaired) electrons. The first kappa shape index (κ1) is 26.9. The van der Waals surface area contributed by atoms with E-state index >= 15 is 0 Å². The Labute approximate surface area is 204 Å². The Morgan fingerprint density at radius 1 is 1.14 bits per heavy atom. The van der Waals surface area contributed by atoms with Gasteiger partial charge in [-0.2, -0.15) is 12.7 Å². The summed E-state index contributed by atoms with van der Waals surface area (Å²) in [6.45, 7) is 2.54. The van der Waals surface area contributed by atoms with Crippen molar-refractivity contribution in [3.05, 3.63) is 48.0 Å². The number of rotatable bonds is 8. The summed E-state index contributed by atoms with van der Waals surface area (Å²) in [5.41, 5.74) is 2.42. The number of ether oxygens (including phenoxy) is 2. The Morgan fingerprint density at radius 2 is 1.83 bits per heavy atom. The van der Waals surface area contributed by atoms with Gasteiger partial charge in [0.1, 0.15) is 30.1 Å². The van der Waals surface area contributed by atoms with Crippen molar-refractivity contribution in [1.29, 1.82) is 0 Å². The summed E-state index contributed by atoms with van der Waals surface area (Å²) in [6, 6.07) is 10.9. The van der Waals surface area contributed by atoms with Crippen molar-refractivity contribution < 1.29 is 38.0 Å². The Hall–Kier alpha value is -2.74. The number of nitrogens with one attached hydrogen (secondary N) is 2. The lowest BCUT2D eigenvalue weighted by Crippen LogP contribution is -2.65. The Bertz CT molecular complexity index is 1160. The molecule has 0 saturated carbocycles. The van der Waals surface area contributed by atoms with Gasteiger partial charge in [0, 0.05) is 26.6 Å². The molecule has 5 N–H and O–H groups in total. The SMILES string of the molecule is CC(=O)NC1[C@H](Oc2cccc(C)c2-c2cccc(NS(=O)(=O)N(C)C)c2)OC(CO)[C@H](O)[C@@H]1O. The third-order valence-electron chi connectivity index (χ3n) is 5.61. The molecule has 0 bridgehead atoms. The van der Waals surface area contributed by atoms with Crippen LogP contribution in [0, 0.1) is 6.92 Å². The van der Waals surface area contributed by atoms with Gasteiger partial charge in [0.2, 0.25) is 12.2 Å². The molecule has 1 amide bonds. The summed E-state index contributed by atoms with van der Waals surface area (Å²) in [7, 11) is -0.882. The van der Waals surface area contributed by atoms with Crippen LogP contribution in [0.1, 0.15) is 12.5 Å². The first-order valence-corrected chi connectivity index (χ1v) is 12.3. The van der Waals surface area contributed by atoms with Crippen molar-refractivity contribution in [2.45, 2.75) is 44.5 Å². The van der Waals surface area contributed by atoms with E-state index in [0.717, 1.165) is 9.87 Å². The number of carbonyl (C=O) groups is 1. The molecule has 1 aliphatic heterocycles. The molecule has 12 heteroatoms. The predicted octanol–water partition coefficient (Wildman–Crippen LogP) is 0.203. The molecule has 1 fully saturated rings. The van der Waals surface area contributed by atoms with E-state index < -0.39 is 53.4 Å². The number of aliphatic hydroxyl groups excluding tert-OH is 3. The number of amides is 1. The molecule has 1 aliphatic rings. The van der Waals surface area contributed by atoms with Crippen LogP contribution in [0.3, 0.4) is 0 Å². The van der Waals surface area contributed by atoms with Gasteiger partial charge in [-0.3, -0.25) is 9.52 Å². The fourth-order valence-corrected chi connectivity index (χ4v) is 4.39. The van der Waals surface area contributed by atoms with Gasteiger partial charge < -0.3 is 30.1 Å². The molecule has 2 aromatic carbocycles. The van der Waals surface area contributed by atoms with Crippen LogP contribution in [0.4, 0.5) is 5.69 Å². The zero-order valence-corrected chi connectivity index (χ0v) is 20.7. The van der Waals surface area contributed by atoms with E-state index in [0.29, 0.717) is 22.6 Å². The molecule has 1 saturated heterocycles. The van der Waals surface area contributed by atoms with Gasteiger partial charge >= 0.3 is 10.2 Å². The highest BCUT2D eigenvalue weighted by Gasteiger charge is 2.46. The average Bonchev–Trinajstić information content (AvgIpc) is 2.78. The number of hydrogen-bond acceptors (Lipinski definition) is 8. The summed E-state index contributed by atoms with van der Waals surface area (Å²) < 4.78 is 39.9. The molecule has 0 aliphatic carbocycles. The minimum Gasteiger partial charge on any atom is -0.462 e. The molecule has 2 unspecified atom stereocenters. The topological polar surface area (TPSA) is 158 Å². The number of nitrogens with zero attached hydrogens (tertiary/aromatic N) is 1. The highest BCUT2D eigenvalue weighted by molar-refractivity contribution is 7.90. The van der Waals surface area contributed by atoms with E-state index in [2.05, 4.69) is 10.0 Å². The summed E-state index contributed by atoms with van der Waals surface area (Å²) in [5, 5.41) is 32.9. The maximum absolute atomic E-state index is 12.3. The van der Waals surface area contributed by atoms with Crippen LogP contribution < -0.4 is 14.8 Å². The van der Waals surface area contributed by atoms with E-state index in [1.807, 2.05) is 13.0 Å². The molecule has 192 valence electrons. The van der Waals surface area contributed by atoms with E-state index in [4.69, 9.17) is 9.47 Å². The van der Waals surface area contributed by atoms with E-state index in [1.54, 1.807) is 36.4 Å². The molecule has 0 spiro atoms. The van der Waals surface area contributed by atoms with Gasteiger partial charge in [-0.1, -0.05) is 24.3 Å². The van der Waals surface area contributed by atoms with Crippen LogP contribution in [0.5, 0.6) is 5.75 Å². The van der Waals surface area contributed by atoms with Crippen LogP contribution in [0.15, 0.2) is 42.5 Å². The second kappa shape index (κ2) is 10.9. The Morgan fingerprint density at radius 3 is 2.46 bits per heavy atom. The zero-order chi connectivity index (χ0) is 25.9. The molecular formula is C23H31N3O8S. The summed E-state index contributed by atoms with van der Waals surface area (Å²) in [4.78, 5) is 11.7. The minimum atomic E-state index is -3.72. The third-order valence-corrected chi connectivity index (χ3v) is 7.06. The van der Waals surface area contributed by atoms with Gasteiger partial charge in [0.25, 0.3) is 0 Å². The van der Waals surface area contributed by atoms with Crippen molar-refractivity contribution in [2.75, 3.05) is 25.4 Å². The molecule has 3 rings (SSSR count). The molecule has 5 atom stereocenters. The summed E-state index contributed by atoms with van der Waals surface area (Å²) >= 11 is 0. The fraction of sp³-hybridized carbons (Fsp3) is 0.435. The first-order chi connectivity index (χ1) is 16.4. The highest BCUT2D eigenvalue weighted by atomic mass is 32.2. The quantitative estimate of drug-likeness (QED) is 0.338. The molecule has 1 heterocycles. The van der Waals surface area contributed by atoms with Gasteiger partial charge in [0.15, 0.2) is 0 Å². The van der Waals surface area contributed by atoms with Crippen molar-refractivity contribution in [1.82, 2.24) is 9.62 Å². The lowest BCUT2D eigenvalue weighted by molar-refractivity contribution is -0.244. The lowest BCUT2D eigenvalue weighted by Gasteiger charge is -2.42. The van der Waals surface area contributed by atoms with Crippen molar-refractivity contribution in [3.63, 3.8) is 0 Å². The van der Waals surface area contributed by atoms with E-state index in [-0.39, 0.29) is 0 Å². The summed E-state index contributed by atoms with van der Waals surface area (Å²) in [6.07, 6.45) is -5.25. The number of carbonyl (C=O) groups excluding carboxylic acids is 1.